The second-order valence-corrected chi connectivity index (χ2v) is 9.18. The Balaban J connectivity index is 1.40. The molecule has 1 aromatic heterocycles. The molecule has 190 valence electrons. The van der Waals surface area contributed by atoms with Gasteiger partial charge in [0.15, 0.2) is 11.5 Å². The summed E-state index contributed by atoms with van der Waals surface area (Å²) in [6.45, 7) is 3.38. The van der Waals surface area contributed by atoms with Crippen molar-refractivity contribution in [2.75, 3.05) is 39.7 Å². The van der Waals surface area contributed by atoms with E-state index in [-0.39, 0.29) is 12.3 Å². The summed E-state index contributed by atoms with van der Waals surface area (Å²) in [6, 6.07) is 25.9. The summed E-state index contributed by atoms with van der Waals surface area (Å²) in [6.07, 6.45) is 2.08. The monoisotopic (exact) mass is 495 g/mol. The predicted octanol–water partition coefficient (Wildman–Crippen LogP) is 5.85. The van der Waals surface area contributed by atoms with Crippen LogP contribution in [0.5, 0.6) is 11.5 Å². The Morgan fingerprint density at radius 1 is 0.919 bits per heavy atom. The minimum Gasteiger partial charge on any atom is -0.493 e. The number of nitrogens with one attached hydrogen (secondary N) is 1. The van der Waals surface area contributed by atoms with Crippen LogP contribution in [-0.4, -0.2) is 50.1 Å². The van der Waals surface area contributed by atoms with Gasteiger partial charge in [0.1, 0.15) is 6.61 Å². The van der Waals surface area contributed by atoms with Crippen molar-refractivity contribution in [1.29, 1.82) is 0 Å². The smallest absolute Gasteiger partial charge is 0.228 e. The third-order valence-electron chi connectivity index (χ3n) is 6.06. The fourth-order valence-electron chi connectivity index (χ4n) is 4.11. The van der Waals surface area contributed by atoms with Gasteiger partial charge in [-0.25, -0.2) is 0 Å². The number of amides is 1. The molecule has 0 fully saturated rings. The van der Waals surface area contributed by atoms with Gasteiger partial charge in [-0.1, -0.05) is 48.5 Å². The minimum absolute atomic E-state index is 0.0868. The van der Waals surface area contributed by atoms with Crippen molar-refractivity contribution in [3.63, 3.8) is 0 Å². The first-order valence-corrected chi connectivity index (χ1v) is 12.3. The molecule has 0 aliphatic carbocycles. The number of aryl methyl sites for hydroxylation is 1. The Morgan fingerprint density at radius 3 is 2.38 bits per heavy atom. The van der Waals surface area contributed by atoms with Gasteiger partial charge in [-0.15, -0.1) is 0 Å². The number of likely N-dealkylation sites (N-methyl/N-ethyl adjacent to an activating group) is 1. The molecule has 6 heteroatoms. The number of carbonyl (C=O) groups is 1. The number of hydrogen-bond donors (Lipinski definition) is 1. The van der Waals surface area contributed by atoms with Crippen LogP contribution < -0.4 is 14.8 Å². The van der Waals surface area contributed by atoms with Crippen LogP contribution in [0.15, 0.2) is 85.1 Å². The van der Waals surface area contributed by atoms with Gasteiger partial charge in [0.2, 0.25) is 5.91 Å². The van der Waals surface area contributed by atoms with E-state index >= 15 is 0 Å². The number of ether oxygens (including phenoxy) is 2. The van der Waals surface area contributed by atoms with E-state index in [1.54, 1.807) is 25.4 Å². The lowest BCUT2D eigenvalue weighted by Gasteiger charge is -2.15. The topological polar surface area (TPSA) is 63.7 Å². The molecule has 0 unspecified atom stereocenters. The second kappa shape index (κ2) is 12.2. The normalized spacial score (nSPS) is 10.8. The zero-order valence-corrected chi connectivity index (χ0v) is 21.8. The Morgan fingerprint density at radius 2 is 1.70 bits per heavy atom. The van der Waals surface area contributed by atoms with Gasteiger partial charge in [0.25, 0.3) is 0 Å². The lowest BCUT2D eigenvalue weighted by atomic mass is 9.96. The van der Waals surface area contributed by atoms with Gasteiger partial charge < -0.3 is 19.7 Å². The number of rotatable bonds is 10. The highest BCUT2D eigenvalue weighted by atomic mass is 16.5. The maximum atomic E-state index is 12.8. The van der Waals surface area contributed by atoms with Crippen molar-refractivity contribution in [3.05, 3.63) is 96.2 Å². The SMILES string of the molecule is COc1ccc(NC(=O)Cc2ccc(-c3ccc(-c4ccccn4)cc3)c(C)c2)cc1OCCN(C)C. The highest BCUT2D eigenvalue weighted by Gasteiger charge is 2.11. The minimum atomic E-state index is -0.0868. The number of hydrogen-bond acceptors (Lipinski definition) is 5. The third kappa shape index (κ3) is 6.96. The lowest BCUT2D eigenvalue weighted by molar-refractivity contribution is -0.115. The first-order chi connectivity index (χ1) is 17.9. The van der Waals surface area contributed by atoms with E-state index in [1.165, 1.54) is 0 Å². The molecule has 6 nitrogen and oxygen atoms in total. The molecule has 37 heavy (non-hydrogen) atoms. The number of methoxy groups -OCH3 is 1. The quantitative estimate of drug-likeness (QED) is 0.299. The maximum Gasteiger partial charge on any atom is 0.228 e. The highest BCUT2D eigenvalue weighted by Crippen LogP contribution is 2.31. The van der Waals surface area contributed by atoms with E-state index in [4.69, 9.17) is 9.47 Å². The van der Waals surface area contributed by atoms with Gasteiger partial charge in [0.05, 0.1) is 19.2 Å². The maximum absolute atomic E-state index is 12.8. The summed E-state index contributed by atoms with van der Waals surface area (Å²) in [5, 5.41) is 2.98. The van der Waals surface area contributed by atoms with Crippen LogP contribution >= 0.6 is 0 Å². The van der Waals surface area contributed by atoms with Crippen LogP contribution in [0.1, 0.15) is 11.1 Å². The van der Waals surface area contributed by atoms with E-state index in [1.807, 2.05) is 49.3 Å². The fraction of sp³-hybridized carbons (Fsp3) is 0.226. The van der Waals surface area contributed by atoms with Gasteiger partial charge in [-0.05, 0) is 67.5 Å². The zero-order valence-electron chi connectivity index (χ0n) is 21.8. The molecule has 1 heterocycles. The number of benzene rings is 3. The molecule has 4 aromatic rings. The average Bonchev–Trinajstić information content (AvgIpc) is 2.89. The zero-order chi connectivity index (χ0) is 26.2. The molecule has 0 atom stereocenters. The summed E-state index contributed by atoms with van der Waals surface area (Å²) < 4.78 is 11.3. The molecule has 0 aliphatic heterocycles. The third-order valence-corrected chi connectivity index (χ3v) is 6.06. The van der Waals surface area contributed by atoms with Crippen molar-refractivity contribution >= 4 is 11.6 Å². The number of pyridine rings is 1. The standard InChI is InChI=1S/C31H33N3O3/c1-22-19-23(8-14-27(22)24-9-11-25(12-10-24)28-7-5-6-16-32-28)20-31(35)33-26-13-15-29(36-4)30(21-26)37-18-17-34(2)3/h5-16,19,21H,17-18,20H2,1-4H3,(H,33,35). The molecule has 0 aliphatic rings. The Kier molecular flexibility index (Phi) is 8.54. The molecule has 1 amide bonds. The molecule has 1 N–H and O–H groups in total. The summed E-state index contributed by atoms with van der Waals surface area (Å²) >= 11 is 0. The van der Waals surface area contributed by atoms with Crippen LogP contribution in [0.25, 0.3) is 22.4 Å². The second-order valence-electron chi connectivity index (χ2n) is 9.18. The first kappa shape index (κ1) is 25.9. The predicted molar refractivity (Wildman–Crippen MR) is 149 cm³/mol. The summed E-state index contributed by atoms with van der Waals surface area (Å²) in [5.74, 6) is 1.16. The number of anilines is 1. The van der Waals surface area contributed by atoms with Crippen LogP contribution in [0, 0.1) is 6.92 Å². The Hall–Kier alpha value is -4.16. The molecule has 0 saturated carbocycles. The van der Waals surface area contributed by atoms with Crippen LogP contribution in [0.3, 0.4) is 0 Å². The summed E-state index contributed by atoms with van der Waals surface area (Å²) in [5.41, 5.74) is 7.07. The Bertz CT molecular complexity index is 1340. The molecule has 0 spiro atoms. The molecule has 0 bridgehead atoms. The largest absolute Gasteiger partial charge is 0.493 e. The van der Waals surface area contributed by atoms with Crippen LogP contribution in [0.4, 0.5) is 5.69 Å². The average molecular weight is 496 g/mol. The van der Waals surface area contributed by atoms with Crippen molar-refractivity contribution < 1.29 is 14.3 Å². The number of aromatic nitrogens is 1. The van der Waals surface area contributed by atoms with Gasteiger partial charge >= 0.3 is 0 Å². The molecular weight excluding hydrogens is 462 g/mol. The molecule has 0 radical (unpaired) electrons. The molecule has 4 rings (SSSR count). The summed E-state index contributed by atoms with van der Waals surface area (Å²) in [4.78, 5) is 19.3. The van der Waals surface area contributed by atoms with Crippen LogP contribution in [0.2, 0.25) is 0 Å². The van der Waals surface area contributed by atoms with E-state index in [2.05, 4.69) is 53.6 Å². The molecular formula is C31H33N3O3. The van der Waals surface area contributed by atoms with Crippen molar-refractivity contribution in [2.24, 2.45) is 0 Å². The van der Waals surface area contributed by atoms with Crippen LogP contribution in [-0.2, 0) is 11.2 Å². The molecule has 3 aromatic carbocycles. The van der Waals surface area contributed by atoms with Gasteiger partial charge in [-0.2, -0.15) is 0 Å². The van der Waals surface area contributed by atoms with E-state index in [0.29, 0.717) is 23.8 Å². The van der Waals surface area contributed by atoms with Crippen molar-refractivity contribution in [3.8, 4) is 33.9 Å². The van der Waals surface area contributed by atoms with Gasteiger partial charge in [-0.3, -0.25) is 9.78 Å². The lowest BCUT2D eigenvalue weighted by Crippen LogP contribution is -2.19. The Labute approximate surface area is 218 Å². The fourth-order valence-corrected chi connectivity index (χ4v) is 4.11. The highest BCUT2D eigenvalue weighted by molar-refractivity contribution is 5.92. The number of carbonyl (C=O) groups excluding carboxylic acids is 1. The summed E-state index contributed by atoms with van der Waals surface area (Å²) in [7, 11) is 5.59. The van der Waals surface area contributed by atoms with E-state index < -0.39 is 0 Å². The number of nitrogens with zero attached hydrogens (tertiary/aromatic N) is 2. The van der Waals surface area contributed by atoms with E-state index in [9.17, 15) is 4.79 Å². The van der Waals surface area contributed by atoms with Crippen molar-refractivity contribution in [1.82, 2.24) is 9.88 Å². The van der Waals surface area contributed by atoms with Crippen molar-refractivity contribution in [2.45, 2.75) is 13.3 Å². The molecule has 0 saturated heterocycles. The van der Waals surface area contributed by atoms with Gasteiger partial charge in [0, 0.05) is 30.1 Å². The first-order valence-electron chi connectivity index (χ1n) is 12.3. The van der Waals surface area contributed by atoms with E-state index in [0.717, 1.165) is 40.1 Å².